The standard InChI is InChI=1S/C9H12ClN/c1-6-3-4-8(7(2)11)9(10)5-6/h3-5,7H,11H2,1-2H3. The molecule has 1 nitrogen and oxygen atoms in total. The molecule has 0 saturated heterocycles. The molecule has 0 bridgehead atoms. The monoisotopic (exact) mass is 169 g/mol. The molecule has 1 aromatic rings. The molecule has 0 aliphatic carbocycles. The van der Waals surface area contributed by atoms with Gasteiger partial charge in [0.25, 0.3) is 0 Å². The van der Waals surface area contributed by atoms with Crippen molar-refractivity contribution in [3.8, 4) is 0 Å². The summed E-state index contributed by atoms with van der Waals surface area (Å²) in [7, 11) is 0. The minimum atomic E-state index is 0.0168. The molecule has 0 amide bonds. The van der Waals surface area contributed by atoms with Crippen molar-refractivity contribution in [2.24, 2.45) is 5.73 Å². The van der Waals surface area contributed by atoms with E-state index in [0.717, 1.165) is 10.6 Å². The zero-order valence-corrected chi connectivity index (χ0v) is 7.52. The quantitative estimate of drug-likeness (QED) is 0.688. The summed E-state index contributed by atoms with van der Waals surface area (Å²) in [6, 6.07) is 5.94. The summed E-state index contributed by atoms with van der Waals surface area (Å²) in [4.78, 5) is 0. The van der Waals surface area contributed by atoms with Crippen molar-refractivity contribution in [1.29, 1.82) is 0 Å². The van der Waals surface area contributed by atoms with Crippen LogP contribution in [0.4, 0.5) is 0 Å². The lowest BCUT2D eigenvalue weighted by Gasteiger charge is -2.07. The highest BCUT2D eigenvalue weighted by Crippen LogP contribution is 2.21. The van der Waals surface area contributed by atoms with E-state index >= 15 is 0 Å². The lowest BCUT2D eigenvalue weighted by molar-refractivity contribution is 0.818. The summed E-state index contributed by atoms with van der Waals surface area (Å²) < 4.78 is 0. The molecular formula is C9H12ClN. The fourth-order valence-corrected chi connectivity index (χ4v) is 1.41. The predicted molar refractivity (Wildman–Crippen MR) is 48.8 cm³/mol. The van der Waals surface area contributed by atoms with Crippen LogP contribution in [0.2, 0.25) is 5.02 Å². The van der Waals surface area contributed by atoms with Crippen molar-refractivity contribution in [2.75, 3.05) is 0 Å². The van der Waals surface area contributed by atoms with Gasteiger partial charge < -0.3 is 5.73 Å². The average molecular weight is 170 g/mol. The van der Waals surface area contributed by atoms with E-state index in [2.05, 4.69) is 0 Å². The Balaban J connectivity index is 3.09. The van der Waals surface area contributed by atoms with Crippen molar-refractivity contribution in [2.45, 2.75) is 19.9 Å². The normalized spacial score (nSPS) is 13.1. The van der Waals surface area contributed by atoms with E-state index in [-0.39, 0.29) is 6.04 Å². The average Bonchev–Trinajstić information content (AvgIpc) is 1.85. The van der Waals surface area contributed by atoms with Gasteiger partial charge in [-0.05, 0) is 31.0 Å². The van der Waals surface area contributed by atoms with Gasteiger partial charge in [0, 0.05) is 11.1 Å². The number of rotatable bonds is 1. The van der Waals surface area contributed by atoms with Gasteiger partial charge >= 0.3 is 0 Å². The van der Waals surface area contributed by atoms with Crippen LogP contribution >= 0.6 is 11.6 Å². The highest BCUT2D eigenvalue weighted by Gasteiger charge is 2.03. The van der Waals surface area contributed by atoms with E-state index in [1.54, 1.807) is 0 Å². The molecule has 0 saturated carbocycles. The maximum absolute atomic E-state index is 5.94. The highest BCUT2D eigenvalue weighted by atomic mass is 35.5. The van der Waals surface area contributed by atoms with Crippen molar-refractivity contribution in [3.63, 3.8) is 0 Å². The first kappa shape index (κ1) is 8.57. The summed E-state index contributed by atoms with van der Waals surface area (Å²) in [6.07, 6.45) is 0. The molecule has 0 aliphatic heterocycles. The molecule has 60 valence electrons. The van der Waals surface area contributed by atoms with Gasteiger partial charge in [-0.1, -0.05) is 23.7 Å². The fraction of sp³-hybridized carbons (Fsp3) is 0.333. The number of benzene rings is 1. The van der Waals surface area contributed by atoms with Crippen LogP contribution in [-0.2, 0) is 0 Å². The Hall–Kier alpha value is -0.530. The molecule has 0 heterocycles. The SMILES string of the molecule is Cc1ccc(C(C)N)c(Cl)c1. The van der Waals surface area contributed by atoms with Crippen LogP contribution in [0.15, 0.2) is 18.2 Å². The zero-order valence-electron chi connectivity index (χ0n) is 6.76. The summed E-state index contributed by atoms with van der Waals surface area (Å²) >= 11 is 5.94. The molecule has 2 N–H and O–H groups in total. The van der Waals surface area contributed by atoms with Crippen LogP contribution in [0.1, 0.15) is 24.1 Å². The van der Waals surface area contributed by atoms with E-state index in [9.17, 15) is 0 Å². The van der Waals surface area contributed by atoms with E-state index in [4.69, 9.17) is 17.3 Å². The fourth-order valence-electron chi connectivity index (χ4n) is 1.00. The van der Waals surface area contributed by atoms with E-state index in [1.165, 1.54) is 5.56 Å². The summed E-state index contributed by atoms with van der Waals surface area (Å²) in [6.45, 7) is 3.94. The molecule has 1 atom stereocenters. The van der Waals surface area contributed by atoms with E-state index in [1.807, 2.05) is 32.0 Å². The van der Waals surface area contributed by atoms with Crippen LogP contribution in [-0.4, -0.2) is 0 Å². The van der Waals surface area contributed by atoms with Gasteiger partial charge in [0.1, 0.15) is 0 Å². The van der Waals surface area contributed by atoms with Gasteiger partial charge in [0.2, 0.25) is 0 Å². The molecule has 0 aliphatic rings. The first-order valence-electron chi connectivity index (χ1n) is 3.63. The third-order valence-corrected chi connectivity index (χ3v) is 1.97. The first-order chi connectivity index (χ1) is 5.11. The minimum absolute atomic E-state index is 0.0168. The first-order valence-corrected chi connectivity index (χ1v) is 4.00. The smallest absolute Gasteiger partial charge is 0.0456 e. The van der Waals surface area contributed by atoms with Gasteiger partial charge in [-0.15, -0.1) is 0 Å². The molecule has 2 heteroatoms. The minimum Gasteiger partial charge on any atom is -0.324 e. The number of aryl methyl sites for hydroxylation is 1. The Morgan fingerprint density at radius 3 is 2.55 bits per heavy atom. The summed E-state index contributed by atoms with van der Waals surface area (Å²) in [5, 5.41) is 0.764. The maximum atomic E-state index is 5.94. The maximum Gasteiger partial charge on any atom is 0.0456 e. The molecule has 1 rings (SSSR count). The van der Waals surface area contributed by atoms with Crippen molar-refractivity contribution >= 4 is 11.6 Å². The van der Waals surface area contributed by atoms with E-state index < -0.39 is 0 Å². The van der Waals surface area contributed by atoms with E-state index in [0.29, 0.717) is 0 Å². The van der Waals surface area contributed by atoms with Crippen LogP contribution in [0.25, 0.3) is 0 Å². The molecule has 0 radical (unpaired) electrons. The third kappa shape index (κ3) is 1.95. The summed E-state index contributed by atoms with van der Waals surface area (Å²) in [5.74, 6) is 0. The second-order valence-electron chi connectivity index (χ2n) is 2.81. The van der Waals surface area contributed by atoms with Crippen LogP contribution in [0.5, 0.6) is 0 Å². The molecule has 11 heavy (non-hydrogen) atoms. The Morgan fingerprint density at radius 2 is 2.09 bits per heavy atom. The number of halogens is 1. The van der Waals surface area contributed by atoms with Gasteiger partial charge in [0.15, 0.2) is 0 Å². The molecule has 0 spiro atoms. The van der Waals surface area contributed by atoms with Gasteiger partial charge in [0.05, 0.1) is 0 Å². The third-order valence-electron chi connectivity index (χ3n) is 1.65. The number of hydrogen-bond acceptors (Lipinski definition) is 1. The Morgan fingerprint density at radius 1 is 1.45 bits per heavy atom. The molecule has 1 unspecified atom stereocenters. The lowest BCUT2D eigenvalue weighted by atomic mass is 10.1. The molecule has 1 aromatic carbocycles. The second-order valence-corrected chi connectivity index (χ2v) is 3.22. The van der Waals surface area contributed by atoms with Crippen molar-refractivity contribution in [3.05, 3.63) is 34.3 Å². The molecular weight excluding hydrogens is 158 g/mol. The van der Waals surface area contributed by atoms with Crippen LogP contribution in [0.3, 0.4) is 0 Å². The Bertz CT molecular complexity index is 256. The van der Waals surface area contributed by atoms with Crippen LogP contribution in [0, 0.1) is 6.92 Å². The van der Waals surface area contributed by atoms with Crippen LogP contribution < -0.4 is 5.73 Å². The zero-order chi connectivity index (χ0) is 8.43. The topological polar surface area (TPSA) is 26.0 Å². The molecule has 0 fully saturated rings. The second kappa shape index (κ2) is 3.24. The highest BCUT2D eigenvalue weighted by molar-refractivity contribution is 6.31. The van der Waals surface area contributed by atoms with Gasteiger partial charge in [-0.25, -0.2) is 0 Å². The van der Waals surface area contributed by atoms with Crippen molar-refractivity contribution in [1.82, 2.24) is 0 Å². The number of nitrogens with two attached hydrogens (primary N) is 1. The summed E-state index contributed by atoms with van der Waals surface area (Å²) in [5.41, 5.74) is 7.86. The number of hydrogen-bond donors (Lipinski definition) is 1. The Kier molecular flexibility index (Phi) is 2.53. The van der Waals surface area contributed by atoms with Gasteiger partial charge in [-0.3, -0.25) is 0 Å². The lowest BCUT2D eigenvalue weighted by Crippen LogP contribution is -2.05. The van der Waals surface area contributed by atoms with Gasteiger partial charge in [-0.2, -0.15) is 0 Å². The Labute approximate surface area is 72.2 Å². The molecule has 0 aromatic heterocycles. The largest absolute Gasteiger partial charge is 0.324 e. The predicted octanol–water partition coefficient (Wildman–Crippen LogP) is 2.67. The van der Waals surface area contributed by atoms with Crippen molar-refractivity contribution < 1.29 is 0 Å².